The molecule has 3 aliphatic carbocycles. The molecule has 1 aliphatic heterocycles. The average Bonchev–Trinajstić information content (AvgIpc) is 3.80. The molecule has 7 heteroatoms. The van der Waals surface area contributed by atoms with E-state index < -0.39 is 5.54 Å². The Morgan fingerprint density at radius 2 is 1.71 bits per heavy atom. The summed E-state index contributed by atoms with van der Waals surface area (Å²) in [4.78, 5) is 43.5. The van der Waals surface area contributed by atoms with Crippen LogP contribution >= 0.6 is 0 Å². The highest BCUT2D eigenvalue weighted by atomic mass is 16.2. The molecule has 4 aliphatic rings. The van der Waals surface area contributed by atoms with Crippen LogP contribution in [0.4, 0.5) is 11.4 Å². The number of nitrogens with zero attached hydrogens (tertiary/aromatic N) is 2. The highest BCUT2D eigenvalue weighted by Crippen LogP contribution is 2.45. The summed E-state index contributed by atoms with van der Waals surface area (Å²) in [6.07, 6.45) is 7.60. The lowest BCUT2D eigenvalue weighted by Gasteiger charge is -2.45. The summed E-state index contributed by atoms with van der Waals surface area (Å²) in [6.45, 7) is 0.924. The molecule has 3 amide bonds. The monoisotopic (exact) mass is 472 g/mol. The lowest BCUT2D eigenvalue weighted by atomic mass is 9.89. The maximum absolute atomic E-state index is 13.9. The molecule has 35 heavy (non-hydrogen) atoms. The molecule has 3 fully saturated rings. The van der Waals surface area contributed by atoms with Crippen LogP contribution in [0.25, 0.3) is 0 Å². The number of hydrogen-bond donors (Lipinski definition) is 2. The van der Waals surface area contributed by atoms with E-state index in [0.717, 1.165) is 49.8 Å². The summed E-state index contributed by atoms with van der Waals surface area (Å²) < 4.78 is 0. The van der Waals surface area contributed by atoms with Crippen molar-refractivity contribution in [3.8, 4) is 0 Å². The Morgan fingerprint density at radius 1 is 1.00 bits per heavy atom. The van der Waals surface area contributed by atoms with Crippen LogP contribution in [-0.4, -0.2) is 46.8 Å². The standard InChI is InChI=1S/C28H32N4O3/c33-25(32-24-6-2-1-5-23(24)30-27(35)28(32)15-3-4-16-28)18-31(22-13-14-22)17-19-7-9-20(10-8-19)26(34)29-21-11-12-21/h1-2,5-10,21-22H,3-4,11-18H2,(H,29,34)(H,30,35). The molecule has 0 bridgehead atoms. The van der Waals surface area contributed by atoms with Crippen molar-refractivity contribution >= 4 is 29.1 Å². The van der Waals surface area contributed by atoms with Crippen LogP contribution in [-0.2, 0) is 16.1 Å². The molecule has 3 saturated carbocycles. The number of benzene rings is 2. The maximum Gasteiger partial charge on any atom is 0.251 e. The number of hydrogen-bond acceptors (Lipinski definition) is 4. The summed E-state index contributed by atoms with van der Waals surface area (Å²) in [7, 11) is 0. The molecule has 7 nitrogen and oxygen atoms in total. The molecule has 0 unspecified atom stereocenters. The molecule has 2 aromatic rings. The predicted molar refractivity (Wildman–Crippen MR) is 134 cm³/mol. The molecular formula is C28H32N4O3. The van der Waals surface area contributed by atoms with Gasteiger partial charge in [0.1, 0.15) is 5.54 Å². The summed E-state index contributed by atoms with van der Waals surface area (Å²) in [5, 5.41) is 6.08. The molecule has 1 heterocycles. The Balaban J connectivity index is 1.21. The van der Waals surface area contributed by atoms with Crippen molar-refractivity contribution in [1.82, 2.24) is 10.2 Å². The third kappa shape index (κ3) is 4.33. The van der Waals surface area contributed by atoms with Crippen molar-refractivity contribution in [1.29, 1.82) is 0 Å². The van der Waals surface area contributed by atoms with Crippen molar-refractivity contribution in [3.05, 3.63) is 59.7 Å². The average molecular weight is 473 g/mol. The first kappa shape index (κ1) is 22.3. The van der Waals surface area contributed by atoms with Gasteiger partial charge in [0.2, 0.25) is 5.91 Å². The first-order valence-corrected chi connectivity index (χ1v) is 12.9. The summed E-state index contributed by atoms with van der Waals surface area (Å²) in [5.74, 6) is -0.0844. The Morgan fingerprint density at radius 3 is 2.40 bits per heavy atom. The van der Waals surface area contributed by atoms with Crippen molar-refractivity contribution in [2.24, 2.45) is 0 Å². The topological polar surface area (TPSA) is 81.8 Å². The van der Waals surface area contributed by atoms with Crippen LogP contribution in [0.2, 0.25) is 0 Å². The van der Waals surface area contributed by atoms with E-state index in [1.165, 1.54) is 0 Å². The van der Waals surface area contributed by atoms with Crippen LogP contribution < -0.4 is 15.5 Å². The van der Waals surface area contributed by atoms with Gasteiger partial charge in [-0.05, 0) is 68.4 Å². The summed E-state index contributed by atoms with van der Waals surface area (Å²) >= 11 is 0. The molecular weight excluding hydrogens is 440 g/mol. The fraction of sp³-hybridized carbons (Fsp3) is 0.464. The largest absolute Gasteiger partial charge is 0.349 e. The molecule has 2 N–H and O–H groups in total. The second-order valence-electron chi connectivity index (χ2n) is 10.5. The van der Waals surface area contributed by atoms with Gasteiger partial charge in [0, 0.05) is 24.2 Å². The minimum Gasteiger partial charge on any atom is -0.349 e. The molecule has 182 valence electrons. The van der Waals surface area contributed by atoms with Crippen LogP contribution in [0.5, 0.6) is 0 Å². The number of anilines is 2. The van der Waals surface area contributed by atoms with E-state index in [1.54, 1.807) is 0 Å². The van der Waals surface area contributed by atoms with E-state index in [0.29, 0.717) is 42.7 Å². The van der Waals surface area contributed by atoms with E-state index in [4.69, 9.17) is 0 Å². The van der Waals surface area contributed by atoms with Crippen molar-refractivity contribution in [2.75, 3.05) is 16.8 Å². The molecule has 1 spiro atoms. The maximum atomic E-state index is 13.9. The van der Waals surface area contributed by atoms with Gasteiger partial charge < -0.3 is 10.6 Å². The Bertz CT molecular complexity index is 1150. The van der Waals surface area contributed by atoms with Gasteiger partial charge >= 0.3 is 0 Å². The number of carbonyl (C=O) groups excluding carboxylic acids is 3. The third-order valence-electron chi connectivity index (χ3n) is 7.84. The zero-order valence-corrected chi connectivity index (χ0v) is 20.0. The number of para-hydroxylation sites is 2. The van der Waals surface area contributed by atoms with Crippen LogP contribution in [0.15, 0.2) is 48.5 Å². The Kier molecular flexibility index (Phi) is 5.60. The SMILES string of the molecule is O=C(NC1CC1)c1ccc(CN(CC(=O)N2c3ccccc3NC(=O)C23CCCC3)C2CC2)cc1. The first-order valence-electron chi connectivity index (χ1n) is 12.9. The number of amides is 3. The number of nitrogens with one attached hydrogen (secondary N) is 2. The third-order valence-corrected chi connectivity index (χ3v) is 7.84. The molecule has 0 radical (unpaired) electrons. The van der Waals surface area contributed by atoms with Gasteiger partial charge in [0.15, 0.2) is 0 Å². The molecule has 6 rings (SSSR count). The quantitative estimate of drug-likeness (QED) is 0.642. The van der Waals surface area contributed by atoms with E-state index in [1.807, 2.05) is 53.4 Å². The van der Waals surface area contributed by atoms with Gasteiger partial charge in [-0.15, -0.1) is 0 Å². The highest BCUT2D eigenvalue weighted by Gasteiger charge is 2.52. The lowest BCUT2D eigenvalue weighted by Crippen LogP contribution is -2.62. The van der Waals surface area contributed by atoms with Crippen LogP contribution in [0, 0.1) is 0 Å². The number of carbonyl (C=O) groups is 3. The number of rotatable bonds is 7. The molecule has 2 aromatic carbocycles. The normalized spacial score (nSPS) is 20.6. The van der Waals surface area contributed by atoms with E-state index in [2.05, 4.69) is 15.5 Å². The van der Waals surface area contributed by atoms with Gasteiger partial charge in [0.05, 0.1) is 17.9 Å². The molecule has 0 atom stereocenters. The summed E-state index contributed by atoms with van der Waals surface area (Å²) in [5.41, 5.74) is 2.49. The second kappa shape index (κ2) is 8.79. The minimum absolute atomic E-state index is 0.0125. The van der Waals surface area contributed by atoms with Gasteiger partial charge in [0.25, 0.3) is 11.8 Å². The lowest BCUT2D eigenvalue weighted by molar-refractivity contribution is -0.128. The zero-order chi connectivity index (χ0) is 24.0. The first-order chi connectivity index (χ1) is 17.0. The van der Waals surface area contributed by atoms with Crippen molar-refractivity contribution in [3.63, 3.8) is 0 Å². The minimum atomic E-state index is -0.781. The number of fused-ring (bicyclic) bond motifs is 1. The molecule has 0 aromatic heterocycles. The van der Waals surface area contributed by atoms with Crippen LogP contribution in [0.3, 0.4) is 0 Å². The predicted octanol–water partition coefficient (Wildman–Crippen LogP) is 3.84. The highest BCUT2D eigenvalue weighted by molar-refractivity contribution is 6.15. The molecule has 0 saturated heterocycles. The fourth-order valence-electron chi connectivity index (χ4n) is 5.62. The zero-order valence-electron chi connectivity index (χ0n) is 20.0. The second-order valence-corrected chi connectivity index (χ2v) is 10.5. The fourth-order valence-corrected chi connectivity index (χ4v) is 5.62. The van der Waals surface area contributed by atoms with Gasteiger partial charge in [-0.2, -0.15) is 0 Å². The Labute approximate surface area is 205 Å². The van der Waals surface area contributed by atoms with E-state index in [-0.39, 0.29) is 24.3 Å². The Hall–Kier alpha value is -3.19. The smallest absolute Gasteiger partial charge is 0.251 e. The van der Waals surface area contributed by atoms with Crippen LogP contribution in [0.1, 0.15) is 67.3 Å². The van der Waals surface area contributed by atoms with E-state index in [9.17, 15) is 14.4 Å². The van der Waals surface area contributed by atoms with Gasteiger partial charge in [-0.3, -0.25) is 24.2 Å². The van der Waals surface area contributed by atoms with Crippen molar-refractivity contribution in [2.45, 2.75) is 75.5 Å². The van der Waals surface area contributed by atoms with Gasteiger partial charge in [-0.25, -0.2) is 0 Å². The van der Waals surface area contributed by atoms with Crippen molar-refractivity contribution < 1.29 is 14.4 Å². The van der Waals surface area contributed by atoms with Gasteiger partial charge in [-0.1, -0.05) is 37.1 Å². The van der Waals surface area contributed by atoms with E-state index >= 15 is 0 Å². The summed E-state index contributed by atoms with van der Waals surface area (Å²) in [6, 6.07) is 16.1.